The van der Waals surface area contributed by atoms with Crippen LogP contribution in [0.1, 0.15) is 16.8 Å². The molecular weight excluding hydrogens is 360 g/mol. The lowest BCUT2D eigenvalue weighted by Crippen LogP contribution is -2.37. The first kappa shape index (κ1) is 17.9. The largest absolute Gasteiger partial charge is 0.352 e. The smallest absolute Gasteiger partial charge is 0.332 e. The minimum Gasteiger partial charge on any atom is -0.352 e. The molecule has 0 fully saturated rings. The lowest BCUT2D eigenvalue weighted by atomic mass is 10.2. The molecule has 0 atom stereocenters. The zero-order valence-corrected chi connectivity index (χ0v) is 15.0. The Morgan fingerprint density at radius 1 is 1.19 bits per heavy atom. The van der Waals surface area contributed by atoms with Crippen LogP contribution in [0.3, 0.4) is 0 Å². The van der Waals surface area contributed by atoms with Gasteiger partial charge in [0, 0.05) is 33.4 Å². The van der Waals surface area contributed by atoms with E-state index in [1.165, 1.54) is 24.1 Å². The number of hydrogen-bond acceptors (Lipinski definition) is 5. The van der Waals surface area contributed by atoms with E-state index in [-0.39, 0.29) is 5.91 Å². The zero-order chi connectivity index (χ0) is 18.8. The van der Waals surface area contributed by atoms with Gasteiger partial charge in [0.05, 0.1) is 11.9 Å². The van der Waals surface area contributed by atoms with Gasteiger partial charge in [-0.25, -0.2) is 14.8 Å². The van der Waals surface area contributed by atoms with E-state index in [0.29, 0.717) is 41.4 Å². The first-order chi connectivity index (χ1) is 12.4. The minimum absolute atomic E-state index is 0.247. The van der Waals surface area contributed by atoms with Crippen molar-refractivity contribution < 1.29 is 4.79 Å². The maximum atomic E-state index is 12.3. The summed E-state index contributed by atoms with van der Waals surface area (Å²) in [5, 5.41) is 3.10. The Morgan fingerprint density at radius 2 is 1.96 bits per heavy atom. The molecule has 0 aliphatic heterocycles. The number of imidazole rings is 1. The summed E-state index contributed by atoms with van der Waals surface area (Å²) >= 11 is 5.69. The SMILES string of the molecule is Cn1c(=O)c2c(ncn2CCCNC(=O)c2ccc(Cl)nc2)n(C)c1=O. The molecule has 10 heteroatoms. The minimum atomic E-state index is -0.420. The molecule has 0 bridgehead atoms. The van der Waals surface area contributed by atoms with Crippen molar-refractivity contribution >= 4 is 28.7 Å². The van der Waals surface area contributed by atoms with Gasteiger partial charge in [0.1, 0.15) is 5.15 Å². The fraction of sp³-hybridized carbons (Fsp3) is 0.312. The maximum absolute atomic E-state index is 12.3. The number of aromatic nitrogens is 5. The second-order valence-electron chi connectivity index (χ2n) is 5.79. The van der Waals surface area contributed by atoms with Gasteiger partial charge in [0.2, 0.25) is 0 Å². The molecule has 3 heterocycles. The molecule has 0 saturated carbocycles. The molecule has 0 radical (unpaired) electrons. The van der Waals surface area contributed by atoms with E-state index in [9.17, 15) is 14.4 Å². The molecule has 3 aromatic rings. The van der Waals surface area contributed by atoms with Gasteiger partial charge in [0.15, 0.2) is 11.2 Å². The van der Waals surface area contributed by atoms with E-state index < -0.39 is 11.2 Å². The Kier molecular flexibility index (Phi) is 4.90. The quantitative estimate of drug-likeness (QED) is 0.509. The monoisotopic (exact) mass is 376 g/mol. The summed E-state index contributed by atoms with van der Waals surface area (Å²) in [5.41, 5.74) is 0.317. The topological polar surface area (TPSA) is 104 Å². The summed E-state index contributed by atoms with van der Waals surface area (Å²) in [6.45, 7) is 0.885. The third-order valence-corrected chi connectivity index (χ3v) is 4.29. The van der Waals surface area contributed by atoms with Gasteiger partial charge in [-0.05, 0) is 18.6 Å². The molecule has 0 aliphatic carbocycles. The van der Waals surface area contributed by atoms with Crippen LogP contribution in [0, 0.1) is 0 Å². The van der Waals surface area contributed by atoms with E-state index in [1.54, 1.807) is 23.7 Å². The highest BCUT2D eigenvalue weighted by Gasteiger charge is 2.14. The predicted molar refractivity (Wildman–Crippen MR) is 96.4 cm³/mol. The van der Waals surface area contributed by atoms with Crippen LogP contribution in [0.4, 0.5) is 0 Å². The number of aryl methyl sites for hydroxylation is 2. The number of fused-ring (bicyclic) bond motifs is 1. The lowest BCUT2D eigenvalue weighted by Gasteiger charge is -2.08. The van der Waals surface area contributed by atoms with Crippen molar-refractivity contribution in [2.75, 3.05) is 6.54 Å². The first-order valence-electron chi connectivity index (χ1n) is 7.90. The molecule has 0 unspecified atom stereocenters. The lowest BCUT2D eigenvalue weighted by molar-refractivity contribution is 0.0952. The zero-order valence-electron chi connectivity index (χ0n) is 14.3. The second-order valence-corrected chi connectivity index (χ2v) is 6.18. The second kappa shape index (κ2) is 7.12. The van der Waals surface area contributed by atoms with Crippen LogP contribution < -0.4 is 16.6 Å². The van der Waals surface area contributed by atoms with Crippen molar-refractivity contribution in [3.63, 3.8) is 0 Å². The van der Waals surface area contributed by atoms with Crippen molar-refractivity contribution in [3.05, 3.63) is 56.2 Å². The number of hydrogen-bond donors (Lipinski definition) is 1. The molecule has 0 aromatic carbocycles. The molecule has 1 N–H and O–H groups in total. The molecule has 0 aliphatic rings. The Bertz CT molecular complexity index is 1080. The number of carbonyl (C=O) groups excluding carboxylic acids is 1. The normalized spacial score (nSPS) is 11.0. The van der Waals surface area contributed by atoms with Crippen molar-refractivity contribution in [2.45, 2.75) is 13.0 Å². The molecule has 9 nitrogen and oxygen atoms in total. The summed E-state index contributed by atoms with van der Waals surface area (Å²) < 4.78 is 4.07. The summed E-state index contributed by atoms with van der Waals surface area (Å²) in [4.78, 5) is 44.3. The number of carbonyl (C=O) groups is 1. The molecule has 0 spiro atoms. The third-order valence-electron chi connectivity index (χ3n) is 4.07. The van der Waals surface area contributed by atoms with E-state index in [1.807, 2.05) is 0 Å². The molecule has 136 valence electrons. The Morgan fingerprint density at radius 3 is 2.65 bits per heavy atom. The van der Waals surface area contributed by atoms with E-state index in [4.69, 9.17) is 11.6 Å². The molecule has 3 aromatic heterocycles. The number of halogens is 1. The van der Waals surface area contributed by atoms with Crippen LogP contribution in [0.25, 0.3) is 11.2 Å². The maximum Gasteiger partial charge on any atom is 0.332 e. The van der Waals surface area contributed by atoms with Gasteiger partial charge in [-0.3, -0.25) is 18.7 Å². The number of nitrogens with one attached hydrogen (secondary N) is 1. The van der Waals surface area contributed by atoms with Crippen LogP contribution in [0.2, 0.25) is 5.15 Å². The highest BCUT2D eigenvalue weighted by Crippen LogP contribution is 2.07. The van der Waals surface area contributed by atoms with Gasteiger partial charge in [-0.15, -0.1) is 0 Å². The van der Waals surface area contributed by atoms with Gasteiger partial charge >= 0.3 is 5.69 Å². The highest BCUT2D eigenvalue weighted by atomic mass is 35.5. The number of rotatable bonds is 5. The molecule has 26 heavy (non-hydrogen) atoms. The standard InChI is InChI=1S/C16H17ClN6O3/c1-21-13-12(15(25)22(2)16(21)26)23(9-20-13)7-3-6-18-14(24)10-4-5-11(17)19-8-10/h4-5,8-9H,3,6-7H2,1-2H3,(H,18,24). The average molecular weight is 377 g/mol. The van der Waals surface area contributed by atoms with Crippen LogP contribution in [-0.4, -0.2) is 36.1 Å². The summed E-state index contributed by atoms with van der Waals surface area (Å²) in [6, 6.07) is 3.15. The van der Waals surface area contributed by atoms with E-state index >= 15 is 0 Å². The number of amides is 1. The highest BCUT2D eigenvalue weighted by molar-refractivity contribution is 6.29. The summed E-state index contributed by atoms with van der Waals surface area (Å²) in [7, 11) is 3.00. The fourth-order valence-corrected chi connectivity index (χ4v) is 2.74. The van der Waals surface area contributed by atoms with Gasteiger partial charge < -0.3 is 9.88 Å². The van der Waals surface area contributed by atoms with Crippen LogP contribution in [0.5, 0.6) is 0 Å². The van der Waals surface area contributed by atoms with Gasteiger partial charge in [0.25, 0.3) is 11.5 Å². The van der Waals surface area contributed by atoms with Crippen molar-refractivity contribution in [1.82, 2.24) is 29.0 Å². The first-order valence-corrected chi connectivity index (χ1v) is 8.28. The predicted octanol–water partition coefficient (Wildman–Crippen LogP) is 0.302. The number of pyridine rings is 1. The van der Waals surface area contributed by atoms with Gasteiger partial charge in [-0.1, -0.05) is 11.6 Å². The van der Waals surface area contributed by atoms with E-state index in [2.05, 4.69) is 15.3 Å². The van der Waals surface area contributed by atoms with Crippen LogP contribution in [0.15, 0.2) is 34.2 Å². The van der Waals surface area contributed by atoms with Crippen LogP contribution in [-0.2, 0) is 20.6 Å². The van der Waals surface area contributed by atoms with Crippen molar-refractivity contribution in [3.8, 4) is 0 Å². The third kappa shape index (κ3) is 3.25. The fourth-order valence-electron chi connectivity index (χ4n) is 2.63. The van der Waals surface area contributed by atoms with Crippen LogP contribution >= 0.6 is 11.6 Å². The molecular formula is C16H17ClN6O3. The average Bonchev–Trinajstić information content (AvgIpc) is 3.06. The molecule has 0 saturated heterocycles. The summed E-state index contributed by atoms with van der Waals surface area (Å²) in [5.74, 6) is -0.247. The Hall–Kier alpha value is -2.94. The molecule has 1 amide bonds. The van der Waals surface area contributed by atoms with Crippen molar-refractivity contribution in [2.24, 2.45) is 14.1 Å². The van der Waals surface area contributed by atoms with Crippen molar-refractivity contribution in [1.29, 1.82) is 0 Å². The summed E-state index contributed by atoms with van der Waals surface area (Å²) in [6.07, 6.45) is 3.52. The number of nitrogens with zero attached hydrogens (tertiary/aromatic N) is 5. The van der Waals surface area contributed by atoms with Gasteiger partial charge in [-0.2, -0.15) is 0 Å². The molecule has 3 rings (SSSR count). The van der Waals surface area contributed by atoms with E-state index in [0.717, 1.165) is 4.57 Å². The Labute approximate surface area is 152 Å². The Balaban J connectivity index is 1.67.